The van der Waals surface area contributed by atoms with Crippen LogP contribution in [0.2, 0.25) is 0 Å². The maximum Gasteiger partial charge on any atom is 0.308 e. The summed E-state index contributed by atoms with van der Waals surface area (Å²) < 4.78 is 0. The van der Waals surface area contributed by atoms with Crippen molar-refractivity contribution < 1.29 is 19.6 Å². The molecular weight excluding hydrogens is 264 g/mol. The summed E-state index contributed by atoms with van der Waals surface area (Å²) in [4.78, 5) is 34.4. The highest BCUT2D eigenvalue weighted by atomic mass is 16.6. The number of amides is 1. The van der Waals surface area contributed by atoms with Crippen LogP contribution in [0.15, 0.2) is 18.2 Å². The van der Waals surface area contributed by atoms with Crippen molar-refractivity contribution in [1.82, 2.24) is 4.90 Å². The molecule has 0 saturated heterocycles. The molecule has 0 heterocycles. The van der Waals surface area contributed by atoms with Crippen molar-refractivity contribution in [2.45, 2.75) is 13.8 Å². The van der Waals surface area contributed by atoms with Crippen LogP contribution < -0.4 is 0 Å². The zero-order valence-corrected chi connectivity index (χ0v) is 11.5. The van der Waals surface area contributed by atoms with Crippen molar-refractivity contribution in [1.29, 1.82) is 0 Å². The lowest BCUT2D eigenvalue weighted by Gasteiger charge is -2.20. The number of non-ortho nitro benzene ring substituents is 1. The summed E-state index contributed by atoms with van der Waals surface area (Å²) in [6.45, 7) is 3.20. The Morgan fingerprint density at radius 2 is 2.05 bits per heavy atom. The van der Waals surface area contributed by atoms with E-state index in [-0.39, 0.29) is 17.8 Å². The fourth-order valence-corrected chi connectivity index (χ4v) is 1.73. The van der Waals surface area contributed by atoms with Gasteiger partial charge in [0.2, 0.25) is 0 Å². The average Bonchev–Trinajstić information content (AvgIpc) is 2.37. The van der Waals surface area contributed by atoms with E-state index in [0.29, 0.717) is 5.56 Å². The normalized spacial score (nSPS) is 11.8. The monoisotopic (exact) mass is 280 g/mol. The molecule has 1 unspecified atom stereocenters. The molecule has 0 fully saturated rings. The minimum Gasteiger partial charge on any atom is -0.481 e. The summed E-state index contributed by atoms with van der Waals surface area (Å²) in [5.41, 5.74) is 0.647. The molecular formula is C13H16N2O5. The molecule has 7 heteroatoms. The van der Waals surface area contributed by atoms with Gasteiger partial charge in [0.1, 0.15) is 0 Å². The molecule has 0 aliphatic rings. The number of hydrogen-bond donors (Lipinski definition) is 1. The lowest BCUT2D eigenvalue weighted by molar-refractivity contribution is -0.384. The van der Waals surface area contributed by atoms with Gasteiger partial charge < -0.3 is 10.0 Å². The van der Waals surface area contributed by atoms with E-state index in [1.165, 1.54) is 37.1 Å². The SMILES string of the molecule is Cc1ccc([N+](=O)[O-])cc1C(=O)N(C)CC(C)C(=O)O. The second-order valence-corrected chi connectivity index (χ2v) is 4.68. The number of carbonyl (C=O) groups excluding carboxylic acids is 1. The molecule has 108 valence electrons. The first-order valence-electron chi connectivity index (χ1n) is 5.97. The van der Waals surface area contributed by atoms with Crippen molar-refractivity contribution in [3.05, 3.63) is 39.4 Å². The number of aliphatic carboxylic acids is 1. The molecule has 1 N–H and O–H groups in total. The predicted molar refractivity (Wildman–Crippen MR) is 71.6 cm³/mol. The van der Waals surface area contributed by atoms with E-state index in [0.717, 1.165) is 0 Å². The van der Waals surface area contributed by atoms with Crippen LogP contribution in [-0.2, 0) is 4.79 Å². The second-order valence-electron chi connectivity index (χ2n) is 4.68. The van der Waals surface area contributed by atoms with E-state index < -0.39 is 22.7 Å². The van der Waals surface area contributed by atoms with Gasteiger partial charge in [0.15, 0.2) is 0 Å². The van der Waals surface area contributed by atoms with Gasteiger partial charge in [-0.3, -0.25) is 19.7 Å². The van der Waals surface area contributed by atoms with Crippen molar-refractivity contribution in [3.63, 3.8) is 0 Å². The zero-order valence-electron chi connectivity index (χ0n) is 11.5. The highest BCUT2D eigenvalue weighted by Gasteiger charge is 2.21. The summed E-state index contributed by atoms with van der Waals surface area (Å²) in [7, 11) is 1.47. The van der Waals surface area contributed by atoms with Crippen molar-refractivity contribution in [3.8, 4) is 0 Å². The number of nitro groups is 1. The minimum atomic E-state index is -1.000. The van der Waals surface area contributed by atoms with Gasteiger partial charge in [-0.25, -0.2) is 0 Å². The van der Waals surface area contributed by atoms with Crippen molar-refractivity contribution in [2.24, 2.45) is 5.92 Å². The zero-order chi connectivity index (χ0) is 15.4. The Morgan fingerprint density at radius 3 is 2.55 bits per heavy atom. The lowest BCUT2D eigenvalue weighted by atomic mass is 10.1. The van der Waals surface area contributed by atoms with E-state index >= 15 is 0 Å². The van der Waals surface area contributed by atoms with Gasteiger partial charge >= 0.3 is 5.97 Å². The van der Waals surface area contributed by atoms with Crippen LogP contribution in [0, 0.1) is 23.0 Å². The molecule has 0 aliphatic carbocycles. The van der Waals surface area contributed by atoms with E-state index in [1.807, 2.05) is 0 Å². The third kappa shape index (κ3) is 3.53. The van der Waals surface area contributed by atoms with Crippen LogP contribution in [-0.4, -0.2) is 40.4 Å². The van der Waals surface area contributed by atoms with Crippen LogP contribution in [0.3, 0.4) is 0 Å². The van der Waals surface area contributed by atoms with Crippen LogP contribution in [0.25, 0.3) is 0 Å². The Hall–Kier alpha value is -2.44. The third-order valence-electron chi connectivity index (χ3n) is 2.98. The fourth-order valence-electron chi connectivity index (χ4n) is 1.73. The second kappa shape index (κ2) is 6.14. The molecule has 7 nitrogen and oxygen atoms in total. The summed E-state index contributed by atoms with van der Waals surface area (Å²) >= 11 is 0. The number of benzene rings is 1. The summed E-state index contributed by atoms with van der Waals surface area (Å²) in [5.74, 6) is -2.14. The highest BCUT2D eigenvalue weighted by Crippen LogP contribution is 2.19. The first-order chi connectivity index (χ1) is 9.23. The number of nitrogens with zero attached hydrogens (tertiary/aromatic N) is 2. The number of carbonyl (C=O) groups is 2. The molecule has 0 aliphatic heterocycles. The fraction of sp³-hybridized carbons (Fsp3) is 0.385. The molecule has 0 spiro atoms. The lowest BCUT2D eigenvalue weighted by Crippen LogP contribution is -2.34. The maximum absolute atomic E-state index is 12.2. The number of nitro benzene ring substituents is 1. The van der Waals surface area contributed by atoms with E-state index in [2.05, 4.69) is 0 Å². The molecule has 1 atom stereocenters. The van der Waals surface area contributed by atoms with E-state index in [1.54, 1.807) is 6.92 Å². The Morgan fingerprint density at radius 1 is 1.45 bits per heavy atom. The Labute approximate surface area is 116 Å². The van der Waals surface area contributed by atoms with Gasteiger partial charge in [-0.2, -0.15) is 0 Å². The van der Waals surface area contributed by atoms with E-state index in [4.69, 9.17) is 5.11 Å². The topological polar surface area (TPSA) is 101 Å². The van der Waals surface area contributed by atoms with Crippen LogP contribution in [0.4, 0.5) is 5.69 Å². The largest absolute Gasteiger partial charge is 0.481 e. The van der Waals surface area contributed by atoms with Crippen LogP contribution >= 0.6 is 0 Å². The standard InChI is InChI=1S/C13H16N2O5/c1-8-4-5-10(15(19)20)6-11(8)12(16)14(3)7-9(2)13(17)18/h4-6,9H,7H2,1-3H3,(H,17,18). The first kappa shape index (κ1) is 15.6. The Bertz CT molecular complexity index is 556. The molecule has 20 heavy (non-hydrogen) atoms. The van der Waals surface area contributed by atoms with Gasteiger partial charge in [-0.1, -0.05) is 13.0 Å². The van der Waals surface area contributed by atoms with Gasteiger partial charge in [0, 0.05) is 31.3 Å². The summed E-state index contributed by atoms with van der Waals surface area (Å²) in [6, 6.07) is 4.03. The predicted octanol–water partition coefficient (Wildman–Crippen LogP) is 1.70. The summed E-state index contributed by atoms with van der Waals surface area (Å²) in [5, 5.41) is 19.6. The number of carboxylic acids is 1. The van der Waals surface area contributed by atoms with Gasteiger partial charge in [-0.15, -0.1) is 0 Å². The molecule has 0 aromatic heterocycles. The Balaban J connectivity index is 2.99. The third-order valence-corrected chi connectivity index (χ3v) is 2.98. The first-order valence-corrected chi connectivity index (χ1v) is 5.97. The molecule has 0 radical (unpaired) electrons. The molecule has 0 saturated carbocycles. The minimum absolute atomic E-state index is 0.0380. The molecule has 1 amide bonds. The molecule has 1 rings (SSSR count). The summed E-state index contributed by atoms with van der Waals surface area (Å²) in [6.07, 6.45) is 0. The Kier molecular flexibility index (Phi) is 4.79. The number of carboxylic acid groups (broad SMARTS) is 1. The van der Waals surface area contributed by atoms with Crippen molar-refractivity contribution >= 4 is 17.6 Å². The van der Waals surface area contributed by atoms with Gasteiger partial charge in [0.05, 0.1) is 10.8 Å². The maximum atomic E-state index is 12.2. The van der Waals surface area contributed by atoms with Crippen LogP contribution in [0.5, 0.6) is 0 Å². The van der Waals surface area contributed by atoms with Crippen LogP contribution in [0.1, 0.15) is 22.8 Å². The number of hydrogen-bond acceptors (Lipinski definition) is 4. The highest BCUT2D eigenvalue weighted by molar-refractivity contribution is 5.96. The quantitative estimate of drug-likeness (QED) is 0.653. The average molecular weight is 280 g/mol. The van der Waals surface area contributed by atoms with Gasteiger partial charge in [-0.05, 0) is 12.5 Å². The van der Waals surface area contributed by atoms with E-state index in [9.17, 15) is 19.7 Å². The number of aryl methyl sites for hydroxylation is 1. The van der Waals surface area contributed by atoms with Gasteiger partial charge in [0.25, 0.3) is 11.6 Å². The molecule has 1 aromatic carbocycles. The van der Waals surface area contributed by atoms with Crippen molar-refractivity contribution in [2.75, 3.05) is 13.6 Å². The molecule has 0 bridgehead atoms. The number of rotatable bonds is 5. The molecule has 1 aromatic rings. The smallest absolute Gasteiger partial charge is 0.308 e.